The molecule has 0 aromatic carbocycles. The van der Waals surface area contributed by atoms with Crippen molar-refractivity contribution in [3.63, 3.8) is 0 Å². The maximum Gasteiger partial charge on any atom is 0.393 e. The molecule has 0 aliphatic heterocycles. The van der Waals surface area contributed by atoms with Crippen molar-refractivity contribution >= 4 is 0 Å². The van der Waals surface area contributed by atoms with Gasteiger partial charge in [-0.15, -0.1) is 0 Å². The molecule has 0 heterocycles. The summed E-state index contributed by atoms with van der Waals surface area (Å²) in [6.07, 6.45) is -4.06. The molecule has 0 saturated carbocycles. The maximum absolute atomic E-state index is 11.6. The second kappa shape index (κ2) is 3.84. The molecule has 0 N–H and O–H groups in total. The number of hydrogen-bond donors (Lipinski definition) is 0. The number of alkyl halides is 3. The Labute approximate surface area is 61.4 Å². The van der Waals surface area contributed by atoms with Gasteiger partial charge in [-0.3, -0.25) is 0 Å². The van der Waals surface area contributed by atoms with E-state index in [1.54, 1.807) is 0 Å². The van der Waals surface area contributed by atoms with Crippen LogP contribution in [0.3, 0.4) is 0 Å². The summed E-state index contributed by atoms with van der Waals surface area (Å²) in [6, 6.07) is 0. The topological polar surface area (TPSA) is 0 Å². The van der Waals surface area contributed by atoms with E-state index in [1.165, 1.54) is 0 Å². The van der Waals surface area contributed by atoms with Crippen LogP contribution in [0.15, 0.2) is 0 Å². The van der Waals surface area contributed by atoms with Crippen LogP contribution in [0.2, 0.25) is 0 Å². The molecule has 0 spiro atoms. The summed E-state index contributed by atoms with van der Waals surface area (Å²) in [7, 11) is 0. The minimum absolute atomic E-state index is 0. The minimum Gasteiger partial charge on any atom is -0.171 e. The average Bonchev–Trinajstić information content (AvgIpc) is 1.25. The third-order valence-electron chi connectivity index (χ3n) is 0.850. The summed E-state index contributed by atoms with van der Waals surface area (Å²) < 4.78 is 34.7. The SMILES string of the molecule is C.C.CC(C)(C)C(F)(F)F. The van der Waals surface area contributed by atoms with Crippen LogP contribution >= 0.6 is 0 Å². The largest absolute Gasteiger partial charge is 0.393 e. The van der Waals surface area contributed by atoms with Crippen molar-refractivity contribution in [1.29, 1.82) is 0 Å². The van der Waals surface area contributed by atoms with Gasteiger partial charge >= 0.3 is 6.18 Å². The van der Waals surface area contributed by atoms with Gasteiger partial charge in [0.2, 0.25) is 0 Å². The Morgan fingerprint density at radius 3 is 0.900 bits per heavy atom. The first-order valence-corrected chi connectivity index (χ1v) is 2.32. The fourth-order valence-corrected chi connectivity index (χ4v) is 0. The highest BCUT2D eigenvalue weighted by Crippen LogP contribution is 2.36. The summed E-state index contributed by atoms with van der Waals surface area (Å²) in [4.78, 5) is 0. The van der Waals surface area contributed by atoms with Crippen molar-refractivity contribution in [2.75, 3.05) is 0 Å². The van der Waals surface area contributed by atoms with Gasteiger partial charge in [0.05, 0.1) is 5.41 Å². The number of hydrogen-bond acceptors (Lipinski definition) is 0. The van der Waals surface area contributed by atoms with E-state index in [0.717, 1.165) is 20.8 Å². The van der Waals surface area contributed by atoms with Gasteiger partial charge in [-0.1, -0.05) is 35.6 Å². The van der Waals surface area contributed by atoms with E-state index in [2.05, 4.69) is 0 Å². The van der Waals surface area contributed by atoms with Crippen molar-refractivity contribution in [1.82, 2.24) is 0 Å². The normalized spacial score (nSPS) is 11.4. The molecule has 0 fully saturated rings. The Hall–Kier alpha value is -0.210. The molecule has 10 heavy (non-hydrogen) atoms. The van der Waals surface area contributed by atoms with E-state index < -0.39 is 11.6 Å². The molecule has 0 saturated heterocycles. The highest BCUT2D eigenvalue weighted by Gasteiger charge is 2.42. The molecular formula is C7H17F3. The van der Waals surface area contributed by atoms with Gasteiger partial charge in [0, 0.05) is 0 Å². The Kier molecular flexibility index (Phi) is 6.30. The Morgan fingerprint density at radius 2 is 0.900 bits per heavy atom. The van der Waals surface area contributed by atoms with Gasteiger partial charge in [0.25, 0.3) is 0 Å². The van der Waals surface area contributed by atoms with Crippen LogP contribution in [0, 0.1) is 5.41 Å². The first kappa shape index (κ1) is 16.4. The van der Waals surface area contributed by atoms with Crippen molar-refractivity contribution in [2.45, 2.75) is 41.8 Å². The molecule has 0 aromatic heterocycles. The lowest BCUT2D eigenvalue weighted by atomic mass is 9.96. The van der Waals surface area contributed by atoms with E-state index in [0.29, 0.717) is 0 Å². The second-order valence-electron chi connectivity index (χ2n) is 2.75. The summed E-state index contributed by atoms with van der Waals surface area (Å²) in [6.45, 7) is 3.44. The molecule has 0 radical (unpaired) electrons. The number of rotatable bonds is 0. The third-order valence-corrected chi connectivity index (χ3v) is 0.850. The number of halogens is 3. The Bertz CT molecular complexity index is 63.8. The monoisotopic (exact) mass is 158 g/mol. The summed E-state index contributed by atoms with van der Waals surface area (Å²) in [5, 5.41) is 0. The van der Waals surface area contributed by atoms with Crippen LogP contribution in [0.4, 0.5) is 13.2 Å². The summed E-state index contributed by atoms with van der Waals surface area (Å²) in [5.41, 5.74) is -1.56. The van der Waals surface area contributed by atoms with Gasteiger partial charge in [-0.25, -0.2) is 0 Å². The molecule has 0 amide bonds. The van der Waals surface area contributed by atoms with E-state index in [4.69, 9.17) is 0 Å². The summed E-state index contributed by atoms with van der Waals surface area (Å²) in [5.74, 6) is 0. The van der Waals surface area contributed by atoms with E-state index in [1.807, 2.05) is 0 Å². The smallest absolute Gasteiger partial charge is 0.171 e. The lowest BCUT2D eigenvalue weighted by molar-refractivity contribution is -0.204. The van der Waals surface area contributed by atoms with Crippen LogP contribution in [-0.4, -0.2) is 6.18 Å². The van der Waals surface area contributed by atoms with E-state index in [9.17, 15) is 13.2 Å². The van der Waals surface area contributed by atoms with Gasteiger partial charge < -0.3 is 0 Å². The Morgan fingerprint density at radius 1 is 0.800 bits per heavy atom. The lowest BCUT2D eigenvalue weighted by Crippen LogP contribution is -2.28. The van der Waals surface area contributed by atoms with Gasteiger partial charge in [-0.05, 0) is 0 Å². The molecule has 0 atom stereocenters. The van der Waals surface area contributed by atoms with Crippen LogP contribution in [0.25, 0.3) is 0 Å². The van der Waals surface area contributed by atoms with Crippen molar-refractivity contribution in [2.24, 2.45) is 5.41 Å². The van der Waals surface area contributed by atoms with Crippen LogP contribution < -0.4 is 0 Å². The molecule has 0 bridgehead atoms. The zero-order chi connectivity index (χ0) is 7.00. The van der Waals surface area contributed by atoms with Crippen molar-refractivity contribution in [3.05, 3.63) is 0 Å². The predicted molar refractivity (Wildman–Crippen MR) is 39.0 cm³/mol. The molecule has 0 aliphatic carbocycles. The quantitative estimate of drug-likeness (QED) is 0.502. The zero-order valence-electron chi connectivity index (χ0n) is 5.13. The Balaban J connectivity index is -0.000000245. The highest BCUT2D eigenvalue weighted by molar-refractivity contribution is 4.70. The maximum atomic E-state index is 11.6. The molecular weight excluding hydrogens is 141 g/mol. The molecule has 3 heteroatoms. The van der Waals surface area contributed by atoms with E-state index >= 15 is 0 Å². The van der Waals surface area contributed by atoms with Gasteiger partial charge in [0.1, 0.15) is 0 Å². The van der Waals surface area contributed by atoms with Crippen molar-refractivity contribution in [3.8, 4) is 0 Å². The fraction of sp³-hybridized carbons (Fsp3) is 1.00. The zero-order valence-corrected chi connectivity index (χ0v) is 5.13. The molecule has 0 unspecified atom stereocenters. The lowest BCUT2D eigenvalue weighted by Gasteiger charge is -2.21. The van der Waals surface area contributed by atoms with E-state index in [-0.39, 0.29) is 14.9 Å². The first-order chi connectivity index (χ1) is 3.25. The first-order valence-electron chi connectivity index (χ1n) is 2.32. The third kappa shape index (κ3) is 4.65. The van der Waals surface area contributed by atoms with Crippen LogP contribution in [0.5, 0.6) is 0 Å². The summed E-state index contributed by atoms with van der Waals surface area (Å²) >= 11 is 0. The second-order valence-corrected chi connectivity index (χ2v) is 2.75. The predicted octanol–water partition coefficient (Wildman–Crippen LogP) is 3.87. The molecule has 0 aromatic rings. The molecule has 0 aliphatic rings. The minimum atomic E-state index is -4.06. The van der Waals surface area contributed by atoms with Crippen molar-refractivity contribution < 1.29 is 13.2 Å². The molecule has 0 rings (SSSR count). The van der Waals surface area contributed by atoms with Gasteiger partial charge in [0.15, 0.2) is 0 Å². The fourth-order valence-electron chi connectivity index (χ4n) is 0. The van der Waals surface area contributed by atoms with Gasteiger partial charge in [-0.2, -0.15) is 13.2 Å². The van der Waals surface area contributed by atoms with Crippen LogP contribution in [-0.2, 0) is 0 Å². The molecule has 0 nitrogen and oxygen atoms in total. The highest BCUT2D eigenvalue weighted by atomic mass is 19.4. The molecule has 66 valence electrons. The average molecular weight is 158 g/mol. The standard InChI is InChI=1S/C5H9F3.2CH4/c1-4(2,3)5(6,7)8;;/h1-3H3;2*1H4. The van der Waals surface area contributed by atoms with Crippen LogP contribution in [0.1, 0.15) is 35.6 Å².